The maximum atomic E-state index is 14.5. The minimum atomic E-state index is -0.110. The van der Waals surface area contributed by atoms with Crippen molar-refractivity contribution in [2.75, 3.05) is 0 Å². The lowest BCUT2D eigenvalue weighted by Gasteiger charge is -2.26. The van der Waals surface area contributed by atoms with Crippen molar-refractivity contribution < 1.29 is 4.39 Å². The summed E-state index contributed by atoms with van der Waals surface area (Å²) in [6, 6.07) is 9.45. The molecule has 2 nitrogen and oxygen atoms in total. The average Bonchev–Trinajstić information content (AvgIpc) is 2.63. The van der Waals surface area contributed by atoms with Gasteiger partial charge in [0.1, 0.15) is 5.82 Å². The van der Waals surface area contributed by atoms with Crippen LogP contribution >= 0.6 is 0 Å². The molecule has 0 N–H and O–H groups in total. The first kappa shape index (κ1) is 18.0. The summed E-state index contributed by atoms with van der Waals surface area (Å²) in [7, 11) is 0. The van der Waals surface area contributed by atoms with Gasteiger partial charge in [-0.1, -0.05) is 58.1 Å². The Morgan fingerprint density at radius 1 is 1.00 bits per heavy atom. The maximum Gasteiger partial charge on any atom is 0.127 e. The summed E-state index contributed by atoms with van der Waals surface area (Å²) in [4.78, 5) is 0. The molecule has 0 amide bonds. The normalized spacial score (nSPS) is 20.6. The molecule has 0 saturated heterocycles. The van der Waals surface area contributed by atoms with Crippen LogP contribution < -0.4 is 0 Å². The van der Waals surface area contributed by atoms with Crippen LogP contribution in [0.3, 0.4) is 0 Å². The van der Waals surface area contributed by atoms with Crippen molar-refractivity contribution in [3.8, 4) is 11.3 Å². The molecule has 3 heteroatoms. The van der Waals surface area contributed by atoms with E-state index in [4.69, 9.17) is 0 Å². The topological polar surface area (TPSA) is 25.8 Å². The van der Waals surface area contributed by atoms with Crippen LogP contribution in [-0.4, -0.2) is 10.2 Å². The summed E-state index contributed by atoms with van der Waals surface area (Å²) < 4.78 is 14.5. The van der Waals surface area contributed by atoms with Gasteiger partial charge in [0.25, 0.3) is 0 Å². The molecule has 1 aliphatic rings. The second-order valence-electron chi connectivity index (χ2n) is 7.63. The quantitative estimate of drug-likeness (QED) is 0.645. The van der Waals surface area contributed by atoms with E-state index in [1.807, 2.05) is 24.3 Å². The van der Waals surface area contributed by atoms with Gasteiger partial charge in [-0.2, -0.15) is 10.2 Å². The molecule has 1 aromatic carbocycles. The van der Waals surface area contributed by atoms with Gasteiger partial charge in [-0.25, -0.2) is 4.39 Å². The second-order valence-corrected chi connectivity index (χ2v) is 7.63. The van der Waals surface area contributed by atoms with Crippen LogP contribution in [0.4, 0.5) is 4.39 Å². The lowest BCUT2D eigenvalue weighted by Crippen LogP contribution is -2.13. The van der Waals surface area contributed by atoms with Crippen LogP contribution in [0.1, 0.15) is 63.6 Å². The molecular weight excluding hydrogens is 311 g/mol. The molecule has 0 aliphatic heterocycles. The van der Waals surface area contributed by atoms with Gasteiger partial charge in [-0.15, -0.1) is 0 Å². The zero-order valence-electron chi connectivity index (χ0n) is 15.5. The first-order valence-corrected chi connectivity index (χ1v) is 9.77. The van der Waals surface area contributed by atoms with Crippen LogP contribution in [0.2, 0.25) is 0 Å². The minimum Gasteiger partial charge on any atom is -0.207 e. The van der Waals surface area contributed by atoms with Gasteiger partial charge in [0.15, 0.2) is 0 Å². The Labute approximate surface area is 150 Å². The summed E-state index contributed by atoms with van der Waals surface area (Å²) >= 11 is 0. The molecule has 2 aromatic rings. The first-order valence-electron chi connectivity index (χ1n) is 9.77. The van der Waals surface area contributed by atoms with Crippen molar-refractivity contribution >= 4 is 0 Å². The van der Waals surface area contributed by atoms with E-state index in [2.05, 4.69) is 24.0 Å². The van der Waals surface area contributed by atoms with Crippen molar-refractivity contribution in [1.82, 2.24) is 10.2 Å². The summed E-state index contributed by atoms with van der Waals surface area (Å²) in [5.74, 6) is 1.53. The molecule has 1 aliphatic carbocycles. The molecule has 1 heterocycles. The van der Waals surface area contributed by atoms with Crippen molar-refractivity contribution in [2.45, 2.75) is 65.2 Å². The number of aryl methyl sites for hydroxylation is 2. The monoisotopic (exact) mass is 340 g/mol. The molecular formula is C22H29FN2. The van der Waals surface area contributed by atoms with Gasteiger partial charge < -0.3 is 0 Å². The van der Waals surface area contributed by atoms with Gasteiger partial charge in [0.05, 0.1) is 11.4 Å². The minimum absolute atomic E-state index is 0.110. The van der Waals surface area contributed by atoms with E-state index in [-0.39, 0.29) is 5.82 Å². The van der Waals surface area contributed by atoms with E-state index < -0.39 is 0 Å². The maximum absolute atomic E-state index is 14.5. The molecule has 0 radical (unpaired) electrons. The summed E-state index contributed by atoms with van der Waals surface area (Å²) in [5.41, 5.74) is 3.37. The molecule has 1 aromatic heterocycles. The summed E-state index contributed by atoms with van der Waals surface area (Å²) in [5, 5.41) is 8.48. The number of hydrogen-bond donors (Lipinski definition) is 0. The molecule has 1 fully saturated rings. The van der Waals surface area contributed by atoms with Gasteiger partial charge in [-0.3, -0.25) is 0 Å². The fourth-order valence-corrected chi connectivity index (χ4v) is 3.79. The molecule has 134 valence electrons. The number of hydrogen-bond acceptors (Lipinski definition) is 2. The summed E-state index contributed by atoms with van der Waals surface area (Å²) in [6.07, 6.45) is 9.21. The molecule has 0 bridgehead atoms. The molecule has 1 saturated carbocycles. The first-order chi connectivity index (χ1) is 12.2. The highest BCUT2D eigenvalue weighted by atomic mass is 19.1. The Hall–Kier alpha value is -1.77. The SMILES string of the molecule is CCCc1ccc(-c2ccc(CCC3CCC(C)CC3)c(F)c2)nn1. The number of nitrogens with zero attached hydrogens (tertiary/aromatic N) is 2. The van der Waals surface area contributed by atoms with Crippen LogP contribution in [0.15, 0.2) is 30.3 Å². The number of benzene rings is 1. The Morgan fingerprint density at radius 2 is 1.80 bits per heavy atom. The number of rotatable bonds is 6. The lowest BCUT2D eigenvalue weighted by atomic mass is 9.80. The highest BCUT2D eigenvalue weighted by Gasteiger charge is 2.18. The van der Waals surface area contributed by atoms with Crippen LogP contribution in [0, 0.1) is 17.7 Å². The Balaban J connectivity index is 1.62. The third-order valence-electron chi connectivity index (χ3n) is 5.53. The van der Waals surface area contributed by atoms with E-state index in [1.54, 1.807) is 6.07 Å². The predicted molar refractivity (Wildman–Crippen MR) is 101 cm³/mol. The van der Waals surface area contributed by atoms with Crippen molar-refractivity contribution in [3.05, 3.63) is 47.4 Å². The van der Waals surface area contributed by atoms with E-state index in [0.29, 0.717) is 0 Å². The largest absolute Gasteiger partial charge is 0.207 e. The van der Waals surface area contributed by atoms with Gasteiger partial charge in [-0.05, 0) is 54.9 Å². The third-order valence-corrected chi connectivity index (χ3v) is 5.53. The van der Waals surface area contributed by atoms with Gasteiger partial charge in [0, 0.05) is 5.56 Å². The van der Waals surface area contributed by atoms with E-state index in [0.717, 1.165) is 60.0 Å². The molecule has 0 unspecified atom stereocenters. The lowest BCUT2D eigenvalue weighted by molar-refractivity contribution is 0.277. The van der Waals surface area contributed by atoms with Crippen LogP contribution in [-0.2, 0) is 12.8 Å². The Kier molecular flexibility index (Phi) is 6.17. The highest BCUT2D eigenvalue weighted by molar-refractivity contribution is 5.59. The fourth-order valence-electron chi connectivity index (χ4n) is 3.79. The van der Waals surface area contributed by atoms with Crippen LogP contribution in [0.25, 0.3) is 11.3 Å². The Morgan fingerprint density at radius 3 is 2.44 bits per heavy atom. The van der Waals surface area contributed by atoms with E-state index in [9.17, 15) is 4.39 Å². The average molecular weight is 340 g/mol. The number of halogens is 1. The smallest absolute Gasteiger partial charge is 0.127 e. The predicted octanol–water partition coefficient (Wildman–Crippen LogP) is 5.99. The van der Waals surface area contributed by atoms with Gasteiger partial charge in [0.2, 0.25) is 0 Å². The molecule has 0 spiro atoms. The third kappa shape index (κ3) is 4.87. The second kappa shape index (κ2) is 8.55. The van der Waals surface area contributed by atoms with Crippen LogP contribution in [0.5, 0.6) is 0 Å². The highest BCUT2D eigenvalue weighted by Crippen LogP contribution is 2.31. The Bertz CT molecular complexity index is 673. The molecule has 3 rings (SSSR count). The standard InChI is InChI=1S/C22H29FN2/c1-3-4-20-13-14-22(25-24-20)19-12-11-18(21(23)15-19)10-9-17-7-5-16(2)6-8-17/h11-17H,3-10H2,1-2H3. The zero-order valence-corrected chi connectivity index (χ0v) is 15.5. The molecule has 25 heavy (non-hydrogen) atoms. The number of aromatic nitrogens is 2. The zero-order chi connectivity index (χ0) is 17.6. The fraction of sp³-hybridized carbons (Fsp3) is 0.545. The van der Waals surface area contributed by atoms with E-state index >= 15 is 0 Å². The van der Waals surface area contributed by atoms with Gasteiger partial charge >= 0.3 is 0 Å². The molecule has 0 atom stereocenters. The van der Waals surface area contributed by atoms with Crippen molar-refractivity contribution in [2.24, 2.45) is 11.8 Å². The summed E-state index contributed by atoms with van der Waals surface area (Å²) in [6.45, 7) is 4.46. The van der Waals surface area contributed by atoms with E-state index in [1.165, 1.54) is 25.7 Å². The van der Waals surface area contributed by atoms with Crippen molar-refractivity contribution in [3.63, 3.8) is 0 Å². The van der Waals surface area contributed by atoms with Crippen molar-refractivity contribution in [1.29, 1.82) is 0 Å².